The first kappa shape index (κ1) is 14.6. The van der Waals surface area contributed by atoms with Crippen LogP contribution < -0.4 is 5.32 Å². The van der Waals surface area contributed by atoms with Crippen LogP contribution in [0.5, 0.6) is 0 Å². The van der Waals surface area contributed by atoms with Crippen LogP contribution in [0.2, 0.25) is 0 Å². The Hall–Kier alpha value is -1.38. The first-order valence-electron chi connectivity index (χ1n) is 8.48. The molecule has 3 heteroatoms. The normalized spacial score (nSPS) is 21.6. The third-order valence-corrected chi connectivity index (χ3v) is 4.85. The van der Waals surface area contributed by atoms with Gasteiger partial charge in [-0.1, -0.05) is 31.7 Å². The van der Waals surface area contributed by atoms with Gasteiger partial charge >= 0.3 is 0 Å². The van der Waals surface area contributed by atoms with Crippen molar-refractivity contribution >= 4 is 5.91 Å². The molecule has 3 nitrogen and oxygen atoms in total. The van der Waals surface area contributed by atoms with Crippen LogP contribution in [0.4, 0.5) is 0 Å². The first-order chi connectivity index (χ1) is 10.2. The summed E-state index contributed by atoms with van der Waals surface area (Å²) in [6.07, 6.45) is 9.53. The molecule has 3 rings (SSSR count). The van der Waals surface area contributed by atoms with E-state index in [1.807, 2.05) is 19.1 Å². The minimum atomic E-state index is 0.126. The van der Waals surface area contributed by atoms with Crippen molar-refractivity contribution in [2.45, 2.75) is 64.3 Å². The number of nitrogens with one attached hydrogen (secondary N) is 1. The molecular formula is C18H26N2O. The van der Waals surface area contributed by atoms with Crippen LogP contribution in [0, 0.1) is 18.8 Å². The highest BCUT2D eigenvalue weighted by Gasteiger charge is 2.35. The second kappa shape index (κ2) is 6.59. The van der Waals surface area contributed by atoms with E-state index in [1.165, 1.54) is 38.5 Å². The molecule has 0 aliphatic heterocycles. The lowest BCUT2D eigenvalue weighted by molar-refractivity contribution is -0.126. The van der Waals surface area contributed by atoms with Gasteiger partial charge in [0.15, 0.2) is 0 Å². The SMILES string of the molecule is Cc1cccc([C@@H](NC(=O)C2CCCCCC2)C2CC2)n1. The quantitative estimate of drug-likeness (QED) is 0.852. The largest absolute Gasteiger partial charge is 0.347 e. The van der Waals surface area contributed by atoms with Crippen LogP contribution in [0.1, 0.15) is 68.8 Å². The third kappa shape index (κ3) is 3.84. The Kier molecular flexibility index (Phi) is 4.57. The Morgan fingerprint density at radius 2 is 1.86 bits per heavy atom. The van der Waals surface area contributed by atoms with Gasteiger partial charge in [0.2, 0.25) is 5.91 Å². The lowest BCUT2D eigenvalue weighted by Gasteiger charge is -2.22. The monoisotopic (exact) mass is 286 g/mol. The van der Waals surface area contributed by atoms with Gasteiger partial charge in [0.05, 0.1) is 11.7 Å². The van der Waals surface area contributed by atoms with Crippen molar-refractivity contribution in [1.29, 1.82) is 0 Å². The minimum absolute atomic E-state index is 0.126. The highest BCUT2D eigenvalue weighted by atomic mass is 16.1. The molecule has 0 unspecified atom stereocenters. The molecule has 0 radical (unpaired) electrons. The van der Waals surface area contributed by atoms with Gasteiger partial charge in [0, 0.05) is 11.6 Å². The number of amides is 1. The van der Waals surface area contributed by atoms with Gasteiger partial charge in [-0.25, -0.2) is 0 Å². The van der Waals surface area contributed by atoms with Gasteiger partial charge in [-0.15, -0.1) is 0 Å². The summed E-state index contributed by atoms with van der Waals surface area (Å²) < 4.78 is 0. The zero-order valence-electron chi connectivity index (χ0n) is 13.0. The van der Waals surface area contributed by atoms with Crippen molar-refractivity contribution in [1.82, 2.24) is 10.3 Å². The van der Waals surface area contributed by atoms with Crippen molar-refractivity contribution < 1.29 is 4.79 Å². The molecule has 0 saturated heterocycles. The number of hydrogen-bond acceptors (Lipinski definition) is 2. The standard InChI is InChI=1S/C18H26N2O/c1-13-7-6-10-16(19-13)17(14-11-12-14)20-18(21)15-8-4-2-3-5-9-15/h6-7,10,14-15,17H,2-5,8-9,11-12H2,1H3,(H,20,21)/t17-/m0/s1. The molecule has 1 amide bonds. The smallest absolute Gasteiger partial charge is 0.223 e. The van der Waals surface area contributed by atoms with Gasteiger partial charge in [-0.3, -0.25) is 9.78 Å². The van der Waals surface area contributed by atoms with Crippen LogP contribution in [0.25, 0.3) is 0 Å². The van der Waals surface area contributed by atoms with Crippen molar-refractivity contribution in [3.63, 3.8) is 0 Å². The number of hydrogen-bond donors (Lipinski definition) is 1. The lowest BCUT2D eigenvalue weighted by atomic mass is 9.98. The zero-order valence-corrected chi connectivity index (χ0v) is 13.0. The van der Waals surface area contributed by atoms with Crippen molar-refractivity contribution in [2.24, 2.45) is 11.8 Å². The summed E-state index contributed by atoms with van der Waals surface area (Å²) in [4.78, 5) is 17.2. The zero-order chi connectivity index (χ0) is 14.7. The maximum atomic E-state index is 12.6. The van der Waals surface area contributed by atoms with E-state index in [4.69, 9.17) is 0 Å². The molecule has 2 aliphatic rings. The molecule has 0 bridgehead atoms. The second-order valence-electron chi connectivity index (χ2n) is 6.72. The maximum Gasteiger partial charge on any atom is 0.223 e. The Bertz CT molecular complexity index is 488. The highest BCUT2D eigenvalue weighted by Crippen LogP contribution is 2.40. The van der Waals surface area contributed by atoms with E-state index in [1.54, 1.807) is 0 Å². The summed E-state index contributed by atoms with van der Waals surface area (Å²) in [5.74, 6) is 1.07. The average Bonchev–Trinajstić information content (AvgIpc) is 3.30. The second-order valence-corrected chi connectivity index (χ2v) is 6.72. The molecule has 2 aliphatic carbocycles. The van der Waals surface area contributed by atoms with Crippen LogP contribution in [-0.4, -0.2) is 10.9 Å². The van der Waals surface area contributed by atoms with Crippen molar-refractivity contribution in [3.8, 4) is 0 Å². The number of nitrogens with zero attached hydrogens (tertiary/aromatic N) is 1. The number of rotatable bonds is 4. The Balaban J connectivity index is 1.68. The molecule has 1 heterocycles. The molecule has 1 N–H and O–H groups in total. The molecule has 1 aromatic rings. The van der Waals surface area contributed by atoms with Crippen molar-refractivity contribution in [2.75, 3.05) is 0 Å². The summed E-state index contributed by atoms with van der Waals surface area (Å²) in [7, 11) is 0. The summed E-state index contributed by atoms with van der Waals surface area (Å²) in [6, 6.07) is 6.25. The lowest BCUT2D eigenvalue weighted by Crippen LogP contribution is -2.35. The van der Waals surface area contributed by atoms with E-state index in [0.29, 0.717) is 5.92 Å². The van der Waals surface area contributed by atoms with Gasteiger partial charge in [-0.05, 0) is 50.7 Å². The third-order valence-electron chi connectivity index (χ3n) is 4.85. The van der Waals surface area contributed by atoms with E-state index in [0.717, 1.165) is 24.2 Å². The molecule has 114 valence electrons. The Labute approximate surface area is 127 Å². The van der Waals surface area contributed by atoms with Gasteiger partial charge < -0.3 is 5.32 Å². The average molecular weight is 286 g/mol. The fraction of sp³-hybridized carbons (Fsp3) is 0.667. The topological polar surface area (TPSA) is 42.0 Å². The van der Waals surface area contributed by atoms with E-state index in [9.17, 15) is 4.79 Å². The van der Waals surface area contributed by atoms with Crippen LogP contribution >= 0.6 is 0 Å². The fourth-order valence-corrected chi connectivity index (χ4v) is 3.41. The van der Waals surface area contributed by atoms with E-state index >= 15 is 0 Å². The Morgan fingerprint density at radius 1 is 1.14 bits per heavy atom. The number of aromatic nitrogens is 1. The fourth-order valence-electron chi connectivity index (χ4n) is 3.41. The molecule has 2 saturated carbocycles. The molecular weight excluding hydrogens is 260 g/mol. The molecule has 0 aromatic carbocycles. The molecule has 0 spiro atoms. The van der Waals surface area contributed by atoms with Gasteiger partial charge in [0.1, 0.15) is 0 Å². The van der Waals surface area contributed by atoms with E-state index in [-0.39, 0.29) is 17.9 Å². The predicted molar refractivity (Wildman–Crippen MR) is 83.8 cm³/mol. The van der Waals surface area contributed by atoms with Crippen LogP contribution in [-0.2, 0) is 4.79 Å². The summed E-state index contributed by atoms with van der Waals surface area (Å²) in [5.41, 5.74) is 2.07. The molecule has 1 atom stereocenters. The van der Waals surface area contributed by atoms with Gasteiger partial charge in [0.25, 0.3) is 0 Å². The van der Waals surface area contributed by atoms with Gasteiger partial charge in [-0.2, -0.15) is 0 Å². The summed E-state index contributed by atoms with van der Waals surface area (Å²) in [6.45, 7) is 2.01. The maximum absolute atomic E-state index is 12.6. The summed E-state index contributed by atoms with van der Waals surface area (Å²) in [5, 5.41) is 3.32. The molecule has 2 fully saturated rings. The number of carbonyl (C=O) groups is 1. The first-order valence-corrected chi connectivity index (χ1v) is 8.48. The molecule has 1 aromatic heterocycles. The highest BCUT2D eigenvalue weighted by molar-refractivity contribution is 5.79. The van der Waals surface area contributed by atoms with Crippen molar-refractivity contribution in [3.05, 3.63) is 29.6 Å². The number of carbonyl (C=O) groups excluding carboxylic acids is 1. The van der Waals surface area contributed by atoms with Crippen LogP contribution in [0.3, 0.4) is 0 Å². The Morgan fingerprint density at radius 3 is 2.48 bits per heavy atom. The van der Waals surface area contributed by atoms with Crippen LogP contribution in [0.15, 0.2) is 18.2 Å². The molecule has 21 heavy (non-hydrogen) atoms. The minimum Gasteiger partial charge on any atom is -0.347 e. The number of pyridine rings is 1. The number of aryl methyl sites for hydroxylation is 1. The predicted octanol–water partition coefficient (Wildman–Crippen LogP) is 3.93. The van der Waals surface area contributed by atoms with E-state index in [2.05, 4.69) is 16.4 Å². The van der Waals surface area contributed by atoms with E-state index < -0.39 is 0 Å². The summed E-state index contributed by atoms with van der Waals surface area (Å²) >= 11 is 0.